The van der Waals surface area contributed by atoms with E-state index < -0.39 is 12.3 Å². The van der Waals surface area contributed by atoms with E-state index in [1.165, 1.54) is 7.11 Å². The maximum atomic E-state index is 11.3. The molecule has 1 aliphatic heterocycles. The van der Waals surface area contributed by atoms with Crippen LogP contribution >= 0.6 is 0 Å². The highest BCUT2D eigenvalue weighted by atomic mass is 16.5. The van der Waals surface area contributed by atoms with Gasteiger partial charge >= 0.3 is 5.97 Å². The molecule has 0 bridgehead atoms. The first-order valence-electron chi connectivity index (χ1n) is 4.82. The minimum atomic E-state index is -0.793. The highest BCUT2D eigenvalue weighted by Gasteiger charge is 2.29. The number of nitrogens with one attached hydrogen (secondary N) is 1. The Hall–Kier alpha value is -1.39. The quantitative estimate of drug-likeness (QED) is 0.653. The van der Waals surface area contributed by atoms with Crippen LogP contribution in [0.1, 0.15) is 17.4 Å². The minimum Gasteiger partial charge on any atom is -0.468 e. The Kier molecular flexibility index (Phi) is 2.70. The molecule has 0 spiro atoms. The van der Waals surface area contributed by atoms with Gasteiger partial charge in [0.1, 0.15) is 12.3 Å². The summed E-state index contributed by atoms with van der Waals surface area (Å²) in [5.74, 6) is -0.344. The van der Waals surface area contributed by atoms with Gasteiger partial charge in [0.2, 0.25) is 0 Å². The second kappa shape index (κ2) is 4.00. The summed E-state index contributed by atoms with van der Waals surface area (Å²) in [5, 5.41) is 12.6. The lowest BCUT2D eigenvalue weighted by Gasteiger charge is -2.28. The normalized spacial score (nSPS) is 24.4. The average molecular weight is 207 g/mol. The van der Waals surface area contributed by atoms with E-state index in [0.717, 1.165) is 11.1 Å². The van der Waals surface area contributed by atoms with Crippen LogP contribution in [0, 0.1) is 0 Å². The molecule has 0 saturated carbocycles. The van der Waals surface area contributed by atoms with Gasteiger partial charge in [-0.3, -0.25) is 10.1 Å². The number of hydrogen-bond acceptors (Lipinski definition) is 4. The molecule has 0 saturated heterocycles. The van der Waals surface area contributed by atoms with E-state index in [1.807, 2.05) is 24.3 Å². The zero-order chi connectivity index (χ0) is 10.8. The van der Waals surface area contributed by atoms with Gasteiger partial charge in [-0.15, -0.1) is 0 Å². The van der Waals surface area contributed by atoms with Crippen molar-refractivity contribution in [1.82, 2.24) is 5.32 Å². The molecule has 0 aliphatic carbocycles. The molecule has 2 unspecified atom stereocenters. The van der Waals surface area contributed by atoms with E-state index in [2.05, 4.69) is 10.1 Å². The van der Waals surface area contributed by atoms with Gasteiger partial charge in [0.15, 0.2) is 0 Å². The molecule has 0 radical (unpaired) electrons. The highest BCUT2D eigenvalue weighted by molar-refractivity contribution is 5.76. The van der Waals surface area contributed by atoms with Crippen LogP contribution in [0.3, 0.4) is 0 Å². The van der Waals surface area contributed by atoms with Crippen LogP contribution in [0.15, 0.2) is 24.3 Å². The SMILES string of the molecule is COC(=O)C1Cc2ccccc2C(O)N1. The fourth-order valence-corrected chi connectivity index (χ4v) is 1.84. The third kappa shape index (κ3) is 1.86. The Bertz CT molecular complexity index is 378. The number of fused-ring (bicyclic) bond motifs is 1. The summed E-state index contributed by atoms with van der Waals surface area (Å²) in [6.45, 7) is 0. The third-order valence-corrected chi connectivity index (χ3v) is 2.62. The van der Waals surface area contributed by atoms with E-state index >= 15 is 0 Å². The van der Waals surface area contributed by atoms with Crippen molar-refractivity contribution in [2.24, 2.45) is 0 Å². The fourth-order valence-electron chi connectivity index (χ4n) is 1.84. The molecule has 0 aromatic heterocycles. The Labute approximate surface area is 87.9 Å². The highest BCUT2D eigenvalue weighted by Crippen LogP contribution is 2.23. The van der Waals surface area contributed by atoms with Crippen molar-refractivity contribution in [2.75, 3.05) is 7.11 Å². The molecule has 0 fully saturated rings. The van der Waals surface area contributed by atoms with Gasteiger partial charge in [-0.25, -0.2) is 0 Å². The third-order valence-electron chi connectivity index (χ3n) is 2.62. The Balaban J connectivity index is 2.26. The smallest absolute Gasteiger partial charge is 0.323 e. The first-order chi connectivity index (χ1) is 7.22. The zero-order valence-electron chi connectivity index (χ0n) is 8.43. The van der Waals surface area contributed by atoms with Crippen molar-refractivity contribution < 1.29 is 14.6 Å². The summed E-state index contributed by atoms with van der Waals surface area (Å²) in [4.78, 5) is 11.3. The molecule has 80 valence electrons. The summed E-state index contributed by atoms with van der Waals surface area (Å²) in [6, 6.07) is 7.06. The summed E-state index contributed by atoms with van der Waals surface area (Å²) in [6.07, 6.45) is -0.237. The van der Waals surface area contributed by atoms with Gasteiger partial charge in [-0.1, -0.05) is 24.3 Å². The molecule has 4 nitrogen and oxygen atoms in total. The number of hydrogen-bond donors (Lipinski definition) is 2. The molecule has 2 rings (SSSR count). The van der Waals surface area contributed by atoms with Crippen molar-refractivity contribution >= 4 is 5.97 Å². The lowest BCUT2D eigenvalue weighted by atomic mass is 9.95. The Morgan fingerprint density at radius 2 is 2.27 bits per heavy atom. The number of ether oxygens (including phenoxy) is 1. The van der Waals surface area contributed by atoms with E-state index in [1.54, 1.807) is 0 Å². The predicted molar refractivity (Wildman–Crippen MR) is 54.0 cm³/mol. The van der Waals surface area contributed by atoms with Crippen molar-refractivity contribution in [3.05, 3.63) is 35.4 Å². The minimum absolute atomic E-state index is 0.344. The monoisotopic (exact) mass is 207 g/mol. The van der Waals surface area contributed by atoms with Crippen LogP contribution < -0.4 is 5.32 Å². The summed E-state index contributed by atoms with van der Waals surface area (Å²) in [7, 11) is 1.34. The summed E-state index contributed by atoms with van der Waals surface area (Å²) < 4.78 is 4.64. The van der Waals surface area contributed by atoms with Gasteiger partial charge in [0.05, 0.1) is 7.11 Å². The number of aliphatic hydroxyl groups excluding tert-OH is 1. The number of esters is 1. The van der Waals surface area contributed by atoms with Crippen LogP contribution in [0.5, 0.6) is 0 Å². The molecule has 1 aromatic rings. The molecule has 0 amide bonds. The van der Waals surface area contributed by atoms with Gasteiger partial charge in [0, 0.05) is 0 Å². The van der Waals surface area contributed by atoms with E-state index in [4.69, 9.17) is 0 Å². The molecule has 4 heteroatoms. The molecule has 1 aliphatic rings. The van der Waals surface area contributed by atoms with Crippen molar-refractivity contribution in [3.63, 3.8) is 0 Å². The second-order valence-electron chi connectivity index (χ2n) is 3.55. The molecular weight excluding hydrogens is 194 g/mol. The first-order valence-corrected chi connectivity index (χ1v) is 4.82. The van der Waals surface area contributed by atoms with Gasteiger partial charge in [-0.2, -0.15) is 0 Å². The Morgan fingerprint density at radius 3 is 3.00 bits per heavy atom. The molecule has 1 heterocycles. The molecule has 2 atom stereocenters. The lowest BCUT2D eigenvalue weighted by molar-refractivity contribution is -0.144. The number of aliphatic hydroxyl groups is 1. The topological polar surface area (TPSA) is 58.6 Å². The summed E-state index contributed by atoms with van der Waals surface area (Å²) >= 11 is 0. The number of carbonyl (C=O) groups is 1. The molecule has 1 aromatic carbocycles. The fraction of sp³-hybridized carbons (Fsp3) is 0.364. The number of methoxy groups -OCH3 is 1. The molecular formula is C11H13NO3. The largest absolute Gasteiger partial charge is 0.468 e. The first kappa shape index (κ1) is 10.1. The second-order valence-corrected chi connectivity index (χ2v) is 3.55. The average Bonchev–Trinajstić information content (AvgIpc) is 2.28. The van der Waals surface area contributed by atoms with Crippen molar-refractivity contribution in [2.45, 2.75) is 18.7 Å². The van der Waals surface area contributed by atoms with Gasteiger partial charge in [-0.05, 0) is 17.5 Å². The van der Waals surface area contributed by atoms with Crippen LogP contribution in [-0.4, -0.2) is 24.2 Å². The lowest BCUT2D eigenvalue weighted by Crippen LogP contribution is -2.45. The standard InChI is InChI=1S/C11H13NO3/c1-15-11(14)9-6-7-4-2-3-5-8(7)10(13)12-9/h2-5,9-10,12-13H,6H2,1H3. The molecule has 2 N–H and O–H groups in total. The van der Waals surface area contributed by atoms with E-state index in [9.17, 15) is 9.90 Å². The maximum absolute atomic E-state index is 11.3. The maximum Gasteiger partial charge on any atom is 0.323 e. The van der Waals surface area contributed by atoms with E-state index in [-0.39, 0.29) is 5.97 Å². The predicted octanol–water partition coefficient (Wildman–Crippen LogP) is 0.365. The zero-order valence-corrected chi connectivity index (χ0v) is 8.43. The van der Waals surface area contributed by atoms with Crippen LogP contribution in [-0.2, 0) is 16.0 Å². The van der Waals surface area contributed by atoms with Crippen molar-refractivity contribution in [1.29, 1.82) is 0 Å². The van der Waals surface area contributed by atoms with E-state index in [0.29, 0.717) is 6.42 Å². The number of carbonyl (C=O) groups excluding carboxylic acids is 1. The number of benzene rings is 1. The van der Waals surface area contributed by atoms with Crippen LogP contribution in [0.2, 0.25) is 0 Å². The van der Waals surface area contributed by atoms with Crippen LogP contribution in [0.25, 0.3) is 0 Å². The molecule has 15 heavy (non-hydrogen) atoms. The van der Waals surface area contributed by atoms with Gasteiger partial charge in [0.25, 0.3) is 0 Å². The number of rotatable bonds is 1. The summed E-state index contributed by atoms with van der Waals surface area (Å²) in [5.41, 5.74) is 1.82. The van der Waals surface area contributed by atoms with Crippen molar-refractivity contribution in [3.8, 4) is 0 Å². The van der Waals surface area contributed by atoms with Gasteiger partial charge < -0.3 is 9.84 Å². The Morgan fingerprint density at radius 1 is 1.53 bits per heavy atom. The van der Waals surface area contributed by atoms with Crippen LogP contribution in [0.4, 0.5) is 0 Å².